The van der Waals surface area contributed by atoms with E-state index >= 15 is 0 Å². The fourth-order valence-electron chi connectivity index (χ4n) is 2.26. The number of amides is 1. The number of carbonyl (C=O) groups is 1. The minimum atomic E-state index is -0.0505. The van der Waals surface area contributed by atoms with Gasteiger partial charge >= 0.3 is 0 Å². The van der Waals surface area contributed by atoms with Gasteiger partial charge in [0.05, 0.1) is 37.6 Å². The summed E-state index contributed by atoms with van der Waals surface area (Å²) in [7, 11) is 1.79. The predicted octanol–water partition coefficient (Wildman–Crippen LogP) is 0.919. The lowest BCUT2D eigenvalue weighted by Crippen LogP contribution is -2.25. The van der Waals surface area contributed by atoms with Crippen molar-refractivity contribution in [2.45, 2.75) is 19.5 Å². The van der Waals surface area contributed by atoms with Crippen molar-refractivity contribution in [3.63, 3.8) is 0 Å². The summed E-state index contributed by atoms with van der Waals surface area (Å²) in [6.07, 6.45) is 5.57. The lowest BCUT2D eigenvalue weighted by molar-refractivity contribution is -0.120. The third kappa shape index (κ3) is 4.03. The van der Waals surface area contributed by atoms with Gasteiger partial charge in [-0.3, -0.25) is 14.2 Å². The molecule has 1 amide bonds. The van der Waals surface area contributed by atoms with Crippen LogP contribution < -0.4 is 5.32 Å². The second-order valence-electron chi connectivity index (χ2n) is 5.33. The smallest absolute Gasteiger partial charge is 0.224 e. The van der Waals surface area contributed by atoms with Crippen LogP contribution in [-0.4, -0.2) is 30.7 Å². The van der Waals surface area contributed by atoms with E-state index in [1.165, 1.54) is 5.56 Å². The maximum Gasteiger partial charge on any atom is 0.224 e. The van der Waals surface area contributed by atoms with Crippen LogP contribution in [0.15, 0.2) is 48.9 Å². The molecule has 2 heterocycles. The van der Waals surface area contributed by atoms with Crippen LogP contribution in [0.1, 0.15) is 16.8 Å². The van der Waals surface area contributed by atoms with Gasteiger partial charge in [-0.05, 0) is 11.1 Å². The summed E-state index contributed by atoms with van der Waals surface area (Å²) < 4.78 is 3.47. The van der Waals surface area contributed by atoms with Crippen molar-refractivity contribution in [1.29, 1.82) is 0 Å². The molecule has 0 spiro atoms. The van der Waals surface area contributed by atoms with Crippen LogP contribution in [0.2, 0.25) is 0 Å². The Labute approximate surface area is 133 Å². The van der Waals surface area contributed by atoms with Gasteiger partial charge in [-0.25, -0.2) is 0 Å². The number of benzene rings is 1. The Kier molecular flexibility index (Phi) is 4.46. The Morgan fingerprint density at radius 1 is 1.17 bits per heavy atom. The highest BCUT2D eigenvalue weighted by atomic mass is 16.1. The van der Waals surface area contributed by atoms with E-state index in [1.54, 1.807) is 24.1 Å². The molecule has 0 atom stereocenters. The summed E-state index contributed by atoms with van der Waals surface area (Å²) in [6.45, 7) is 1.11. The van der Waals surface area contributed by atoms with Crippen molar-refractivity contribution in [1.82, 2.24) is 30.1 Å². The molecule has 3 rings (SSSR count). The monoisotopic (exact) mass is 310 g/mol. The first-order valence-corrected chi connectivity index (χ1v) is 7.36. The number of aromatic nitrogens is 5. The molecule has 23 heavy (non-hydrogen) atoms. The molecule has 0 fully saturated rings. The SMILES string of the molecule is Cn1nncc1CNC(=O)Cc1cnn(Cc2ccccc2)c1. The van der Waals surface area contributed by atoms with Gasteiger partial charge in [0.25, 0.3) is 0 Å². The Hall–Kier alpha value is -2.96. The van der Waals surface area contributed by atoms with E-state index in [9.17, 15) is 4.79 Å². The highest BCUT2D eigenvalue weighted by molar-refractivity contribution is 5.78. The molecule has 0 saturated heterocycles. The largest absolute Gasteiger partial charge is 0.350 e. The predicted molar refractivity (Wildman–Crippen MR) is 84.3 cm³/mol. The summed E-state index contributed by atoms with van der Waals surface area (Å²) in [5.41, 5.74) is 2.93. The molecule has 3 aromatic rings. The van der Waals surface area contributed by atoms with Crippen molar-refractivity contribution in [3.05, 3.63) is 65.7 Å². The van der Waals surface area contributed by atoms with Crippen LogP contribution in [-0.2, 0) is 31.4 Å². The molecule has 0 aliphatic carbocycles. The number of rotatable bonds is 6. The number of hydrogen-bond acceptors (Lipinski definition) is 4. The molecule has 0 aliphatic heterocycles. The zero-order chi connectivity index (χ0) is 16.1. The Bertz CT molecular complexity index is 777. The van der Waals surface area contributed by atoms with Crippen LogP contribution >= 0.6 is 0 Å². The molecule has 0 bridgehead atoms. The van der Waals surface area contributed by atoms with Crippen molar-refractivity contribution in [3.8, 4) is 0 Å². The second-order valence-corrected chi connectivity index (χ2v) is 5.33. The molecule has 7 nitrogen and oxygen atoms in total. The maximum absolute atomic E-state index is 12.0. The maximum atomic E-state index is 12.0. The highest BCUT2D eigenvalue weighted by Crippen LogP contribution is 2.05. The molecule has 0 aliphatic rings. The molecule has 7 heteroatoms. The van der Waals surface area contributed by atoms with Crippen LogP contribution in [0.5, 0.6) is 0 Å². The minimum Gasteiger partial charge on any atom is -0.350 e. The van der Waals surface area contributed by atoms with Gasteiger partial charge in [-0.2, -0.15) is 5.10 Å². The van der Waals surface area contributed by atoms with E-state index in [0.29, 0.717) is 19.5 Å². The average Bonchev–Trinajstić information content (AvgIpc) is 3.15. The third-order valence-corrected chi connectivity index (χ3v) is 3.51. The molecule has 0 unspecified atom stereocenters. The van der Waals surface area contributed by atoms with Crippen LogP contribution in [0.4, 0.5) is 0 Å². The van der Waals surface area contributed by atoms with Crippen LogP contribution in [0.25, 0.3) is 0 Å². The van der Waals surface area contributed by atoms with Crippen molar-refractivity contribution < 1.29 is 4.79 Å². The highest BCUT2D eigenvalue weighted by Gasteiger charge is 2.07. The topological polar surface area (TPSA) is 77.6 Å². The van der Waals surface area contributed by atoms with Gasteiger partial charge < -0.3 is 5.32 Å². The van der Waals surface area contributed by atoms with Gasteiger partial charge in [-0.15, -0.1) is 5.10 Å². The van der Waals surface area contributed by atoms with E-state index in [1.807, 2.05) is 29.1 Å². The zero-order valence-electron chi connectivity index (χ0n) is 12.9. The van der Waals surface area contributed by atoms with Gasteiger partial charge in [-0.1, -0.05) is 35.5 Å². The molecule has 0 radical (unpaired) electrons. The zero-order valence-corrected chi connectivity index (χ0v) is 12.9. The van der Waals surface area contributed by atoms with Gasteiger partial charge in [0.1, 0.15) is 0 Å². The van der Waals surface area contributed by atoms with Crippen molar-refractivity contribution in [2.75, 3.05) is 0 Å². The number of nitrogens with zero attached hydrogens (tertiary/aromatic N) is 5. The first kappa shape index (κ1) is 15.0. The normalized spacial score (nSPS) is 10.7. The molecular weight excluding hydrogens is 292 g/mol. The van der Waals surface area contributed by atoms with E-state index in [4.69, 9.17) is 0 Å². The molecule has 118 valence electrons. The van der Waals surface area contributed by atoms with E-state index in [-0.39, 0.29) is 5.91 Å². The summed E-state index contributed by atoms with van der Waals surface area (Å²) in [5.74, 6) is -0.0505. The Morgan fingerprint density at radius 3 is 2.74 bits per heavy atom. The second kappa shape index (κ2) is 6.87. The Morgan fingerprint density at radius 2 is 2.00 bits per heavy atom. The number of aryl methyl sites for hydroxylation is 1. The molecule has 0 saturated carbocycles. The average molecular weight is 310 g/mol. The summed E-state index contributed by atoms with van der Waals surface area (Å²) in [5, 5.41) is 14.8. The molecule has 1 aromatic carbocycles. The van der Waals surface area contributed by atoms with Gasteiger partial charge in [0.15, 0.2) is 0 Å². The fraction of sp³-hybridized carbons (Fsp3) is 0.250. The summed E-state index contributed by atoms with van der Waals surface area (Å²) in [4.78, 5) is 12.0. The molecule has 2 aromatic heterocycles. The fourth-order valence-corrected chi connectivity index (χ4v) is 2.26. The van der Waals surface area contributed by atoms with E-state index < -0.39 is 0 Å². The first-order valence-electron chi connectivity index (χ1n) is 7.36. The standard InChI is InChI=1S/C16H18N6O/c1-21-15(10-18-20-21)9-17-16(23)7-14-8-19-22(12-14)11-13-5-3-2-4-6-13/h2-6,8,10,12H,7,9,11H2,1H3,(H,17,23). The first-order chi connectivity index (χ1) is 11.2. The van der Waals surface area contributed by atoms with Crippen LogP contribution in [0, 0.1) is 0 Å². The van der Waals surface area contributed by atoms with Crippen molar-refractivity contribution in [2.24, 2.45) is 7.05 Å². The van der Waals surface area contributed by atoms with Crippen LogP contribution in [0.3, 0.4) is 0 Å². The molecular formula is C16H18N6O. The lowest BCUT2D eigenvalue weighted by atomic mass is 10.2. The minimum absolute atomic E-state index is 0.0505. The lowest BCUT2D eigenvalue weighted by Gasteiger charge is -2.04. The Balaban J connectivity index is 1.52. The molecule has 1 N–H and O–H groups in total. The third-order valence-electron chi connectivity index (χ3n) is 3.51. The summed E-state index contributed by atoms with van der Waals surface area (Å²) >= 11 is 0. The van der Waals surface area contributed by atoms with Gasteiger partial charge in [0.2, 0.25) is 5.91 Å². The van der Waals surface area contributed by atoms with E-state index in [2.05, 4.69) is 32.9 Å². The number of carbonyl (C=O) groups excluding carboxylic acids is 1. The number of nitrogens with one attached hydrogen (secondary N) is 1. The van der Waals surface area contributed by atoms with Crippen molar-refractivity contribution >= 4 is 5.91 Å². The number of hydrogen-bond donors (Lipinski definition) is 1. The van der Waals surface area contributed by atoms with E-state index in [0.717, 1.165) is 11.3 Å². The summed E-state index contributed by atoms with van der Waals surface area (Å²) in [6, 6.07) is 10.1. The quantitative estimate of drug-likeness (QED) is 0.734. The van der Waals surface area contributed by atoms with Gasteiger partial charge in [0, 0.05) is 13.2 Å².